The van der Waals surface area contributed by atoms with Gasteiger partial charge in [0.2, 0.25) is 10.0 Å². The Hall–Kier alpha value is -1.38. The molecule has 3 heterocycles. The van der Waals surface area contributed by atoms with E-state index >= 15 is 0 Å². The van der Waals surface area contributed by atoms with Crippen LogP contribution >= 0.6 is 0 Å². The fourth-order valence-electron chi connectivity index (χ4n) is 3.17. The van der Waals surface area contributed by atoms with Crippen molar-refractivity contribution in [2.45, 2.75) is 24.2 Å². The maximum atomic E-state index is 12.7. The summed E-state index contributed by atoms with van der Waals surface area (Å²) >= 11 is 0. The van der Waals surface area contributed by atoms with Crippen molar-refractivity contribution in [3.05, 3.63) is 18.0 Å². The third-order valence-electron chi connectivity index (χ3n) is 4.56. The first-order valence-electron chi connectivity index (χ1n) is 8.16. The van der Waals surface area contributed by atoms with Crippen molar-refractivity contribution in [1.29, 1.82) is 0 Å². The largest absolute Gasteiger partial charge is 0.345 e. The lowest BCUT2D eigenvalue weighted by Crippen LogP contribution is -2.46. The summed E-state index contributed by atoms with van der Waals surface area (Å²) in [5.74, 6) is -0.103. The van der Waals surface area contributed by atoms with Crippen LogP contribution in [0.4, 0.5) is 0 Å². The molecule has 2 saturated heterocycles. The highest BCUT2D eigenvalue weighted by atomic mass is 32.2. The van der Waals surface area contributed by atoms with Gasteiger partial charge >= 0.3 is 0 Å². The second-order valence-corrected chi connectivity index (χ2v) is 8.12. The molecule has 0 bridgehead atoms. The van der Waals surface area contributed by atoms with Gasteiger partial charge in [-0.05, 0) is 18.9 Å². The van der Waals surface area contributed by atoms with E-state index in [1.807, 2.05) is 0 Å². The van der Waals surface area contributed by atoms with Gasteiger partial charge in [-0.25, -0.2) is 8.42 Å². The van der Waals surface area contributed by atoms with Crippen molar-refractivity contribution in [2.24, 2.45) is 7.05 Å². The van der Waals surface area contributed by atoms with Crippen LogP contribution in [0.5, 0.6) is 0 Å². The number of aromatic nitrogens is 1. The van der Waals surface area contributed by atoms with E-state index < -0.39 is 10.0 Å². The third-order valence-corrected chi connectivity index (χ3v) is 6.42. The van der Waals surface area contributed by atoms with Gasteiger partial charge in [0.1, 0.15) is 10.6 Å². The lowest BCUT2D eigenvalue weighted by molar-refractivity contribution is 0.0726. The molecule has 0 spiro atoms. The molecule has 1 aromatic rings. The number of piperidine rings is 1. The lowest BCUT2D eigenvalue weighted by Gasteiger charge is -2.27. The van der Waals surface area contributed by atoms with Crippen LogP contribution in [0.25, 0.3) is 0 Å². The standard InChI is InChI=1S/C15H24N4O3S/c1-17-12-13(23(21,22)19-7-3-2-4-8-19)11-14(17)15(20)18-9-5-16-6-10-18/h11-12,16H,2-10H2,1H3. The van der Waals surface area contributed by atoms with Gasteiger partial charge in [-0.2, -0.15) is 4.31 Å². The molecule has 0 radical (unpaired) electrons. The first-order valence-corrected chi connectivity index (χ1v) is 9.60. The third kappa shape index (κ3) is 3.29. The van der Waals surface area contributed by atoms with Crippen LogP contribution in [0.3, 0.4) is 0 Å². The quantitative estimate of drug-likeness (QED) is 0.856. The predicted octanol–water partition coefficient (Wildman–Crippen LogP) is 0.245. The Labute approximate surface area is 137 Å². The molecule has 0 aromatic carbocycles. The topological polar surface area (TPSA) is 74.7 Å². The van der Waals surface area contributed by atoms with E-state index in [1.165, 1.54) is 10.4 Å². The van der Waals surface area contributed by atoms with Gasteiger partial charge in [0.25, 0.3) is 5.91 Å². The summed E-state index contributed by atoms with van der Waals surface area (Å²) in [6, 6.07) is 1.52. The maximum Gasteiger partial charge on any atom is 0.270 e. The molecule has 3 rings (SSSR count). The zero-order valence-corrected chi connectivity index (χ0v) is 14.3. The molecular formula is C15H24N4O3S. The molecule has 128 valence electrons. The average molecular weight is 340 g/mol. The van der Waals surface area contributed by atoms with Gasteiger partial charge in [0.15, 0.2) is 0 Å². The highest BCUT2D eigenvalue weighted by molar-refractivity contribution is 7.89. The summed E-state index contributed by atoms with van der Waals surface area (Å²) in [7, 11) is -1.77. The van der Waals surface area contributed by atoms with E-state index in [2.05, 4.69) is 5.32 Å². The summed E-state index contributed by atoms with van der Waals surface area (Å²) in [5, 5.41) is 3.20. The van der Waals surface area contributed by atoms with Crippen molar-refractivity contribution >= 4 is 15.9 Å². The maximum absolute atomic E-state index is 12.7. The van der Waals surface area contributed by atoms with Crippen molar-refractivity contribution in [3.8, 4) is 0 Å². The van der Waals surface area contributed by atoms with Crippen LogP contribution in [0.1, 0.15) is 29.8 Å². The summed E-state index contributed by atoms with van der Waals surface area (Å²) in [4.78, 5) is 14.6. The molecular weight excluding hydrogens is 316 g/mol. The highest BCUT2D eigenvalue weighted by Crippen LogP contribution is 2.22. The minimum absolute atomic E-state index is 0.103. The Morgan fingerprint density at radius 2 is 1.74 bits per heavy atom. The molecule has 0 unspecified atom stereocenters. The number of carbonyl (C=O) groups is 1. The van der Waals surface area contributed by atoms with E-state index in [0.717, 1.165) is 32.4 Å². The van der Waals surface area contributed by atoms with Crippen LogP contribution < -0.4 is 5.32 Å². The zero-order chi connectivity index (χ0) is 16.4. The fraction of sp³-hybridized carbons (Fsp3) is 0.667. The van der Waals surface area contributed by atoms with Gasteiger partial charge in [0, 0.05) is 52.5 Å². The Morgan fingerprint density at radius 3 is 2.39 bits per heavy atom. The van der Waals surface area contributed by atoms with Gasteiger partial charge in [0.05, 0.1) is 0 Å². The predicted molar refractivity (Wildman–Crippen MR) is 86.8 cm³/mol. The van der Waals surface area contributed by atoms with Gasteiger partial charge in [-0.15, -0.1) is 0 Å². The molecule has 1 amide bonds. The Kier molecular flexibility index (Phi) is 4.74. The molecule has 0 atom stereocenters. The van der Waals surface area contributed by atoms with Crippen LogP contribution in [0.2, 0.25) is 0 Å². The number of aryl methyl sites for hydroxylation is 1. The first kappa shape index (κ1) is 16.5. The van der Waals surface area contributed by atoms with Crippen molar-refractivity contribution in [2.75, 3.05) is 39.3 Å². The molecule has 0 aliphatic carbocycles. The number of carbonyl (C=O) groups excluding carboxylic acids is 1. The molecule has 1 aromatic heterocycles. The van der Waals surface area contributed by atoms with E-state index in [9.17, 15) is 13.2 Å². The number of nitrogens with zero attached hydrogens (tertiary/aromatic N) is 3. The van der Waals surface area contributed by atoms with Crippen molar-refractivity contribution in [1.82, 2.24) is 19.1 Å². The number of hydrogen-bond acceptors (Lipinski definition) is 4. The molecule has 2 fully saturated rings. The van der Waals surface area contributed by atoms with Crippen molar-refractivity contribution < 1.29 is 13.2 Å². The fourth-order valence-corrected chi connectivity index (χ4v) is 4.76. The van der Waals surface area contributed by atoms with Gasteiger partial charge in [-0.3, -0.25) is 4.79 Å². The monoisotopic (exact) mass is 340 g/mol. The first-order chi connectivity index (χ1) is 11.0. The minimum Gasteiger partial charge on any atom is -0.345 e. The van der Waals surface area contributed by atoms with E-state index in [-0.39, 0.29) is 10.8 Å². The van der Waals surface area contributed by atoms with Crippen LogP contribution in [0, 0.1) is 0 Å². The number of sulfonamides is 1. The molecule has 2 aliphatic heterocycles. The number of amides is 1. The van der Waals surface area contributed by atoms with Crippen LogP contribution in [-0.2, 0) is 17.1 Å². The summed E-state index contributed by atoms with van der Waals surface area (Å²) < 4.78 is 28.6. The smallest absolute Gasteiger partial charge is 0.270 e. The Bertz CT molecular complexity index is 671. The number of nitrogens with one attached hydrogen (secondary N) is 1. The molecule has 23 heavy (non-hydrogen) atoms. The highest BCUT2D eigenvalue weighted by Gasteiger charge is 2.29. The molecule has 2 aliphatic rings. The zero-order valence-electron chi connectivity index (χ0n) is 13.5. The van der Waals surface area contributed by atoms with Gasteiger partial charge in [-0.1, -0.05) is 6.42 Å². The Morgan fingerprint density at radius 1 is 1.09 bits per heavy atom. The molecule has 0 saturated carbocycles. The van der Waals surface area contributed by atoms with Crippen LogP contribution in [-0.4, -0.2) is 67.4 Å². The summed E-state index contributed by atoms with van der Waals surface area (Å²) in [6.45, 7) is 3.98. The van der Waals surface area contributed by atoms with Gasteiger partial charge < -0.3 is 14.8 Å². The Balaban J connectivity index is 1.83. The second-order valence-electron chi connectivity index (χ2n) is 6.18. The average Bonchev–Trinajstić information content (AvgIpc) is 2.98. The number of piperazine rings is 1. The lowest BCUT2D eigenvalue weighted by atomic mass is 10.2. The summed E-state index contributed by atoms with van der Waals surface area (Å²) in [6.07, 6.45) is 4.43. The normalized spacial score (nSPS) is 20.7. The molecule has 8 heteroatoms. The van der Waals surface area contributed by atoms with Crippen molar-refractivity contribution in [3.63, 3.8) is 0 Å². The second kappa shape index (κ2) is 6.62. The van der Waals surface area contributed by atoms with E-state index in [0.29, 0.717) is 31.9 Å². The SMILES string of the molecule is Cn1cc(S(=O)(=O)N2CCCCC2)cc1C(=O)N1CCNCC1. The van der Waals surface area contributed by atoms with E-state index in [4.69, 9.17) is 0 Å². The number of rotatable bonds is 3. The minimum atomic E-state index is -3.50. The van der Waals surface area contributed by atoms with E-state index in [1.54, 1.807) is 22.7 Å². The van der Waals surface area contributed by atoms with Crippen LogP contribution in [0.15, 0.2) is 17.2 Å². The molecule has 7 nitrogen and oxygen atoms in total. The summed E-state index contributed by atoms with van der Waals surface area (Å²) in [5.41, 5.74) is 0.433. The number of hydrogen-bond donors (Lipinski definition) is 1. The molecule has 1 N–H and O–H groups in total.